The number of rotatable bonds is 4. The first-order valence-electron chi connectivity index (χ1n) is 8.56. The molecule has 0 spiro atoms. The van der Waals surface area contributed by atoms with Crippen LogP contribution in [-0.2, 0) is 6.54 Å². The molecule has 4 aromatic rings. The van der Waals surface area contributed by atoms with Crippen LogP contribution in [0.15, 0.2) is 47.0 Å². The first-order valence-corrected chi connectivity index (χ1v) is 8.56. The Balaban J connectivity index is 1.42. The molecule has 2 aromatic carbocycles. The van der Waals surface area contributed by atoms with Crippen molar-refractivity contribution in [3.8, 4) is 34.5 Å². The van der Waals surface area contributed by atoms with Gasteiger partial charge in [-0.05, 0) is 42.8 Å². The molecule has 0 amide bonds. The summed E-state index contributed by atoms with van der Waals surface area (Å²) in [6.45, 7) is 2.44. The summed E-state index contributed by atoms with van der Waals surface area (Å²) in [7, 11) is 0. The van der Waals surface area contributed by atoms with Gasteiger partial charge in [0.2, 0.25) is 12.6 Å². The number of fused-ring (bicyclic) bond motifs is 1. The van der Waals surface area contributed by atoms with E-state index in [0.717, 1.165) is 11.3 Å². The molecule has 140 valence electrons. The highest BCUT2D eigenvalue weighted by molar-refractivity contribution is 5.62. The summed E-state index contributed by atoms with van der Waals surface area (Å²) in [6, 6.07) is 11.8. The molecule has 9 heteroatoms. The van der Waals surface area contributed by atoms with Gasteiger partial charge in [-0.15, -0.1) is 5.10 Å². The maximum absolute atomic E-state index is 13.4. The van der Waals surface area contributed by atoms with Gasteiger partial charge in [0.1, 0.15) is 5.82 Å². The minimum atomic E-state index is -0.290. The van der Waals surface area contributed by atoms with Crippen LogP contribution in [0.3, 0.4) is 0 Å². The van der Waals surface area contributed by atoms with Gasteiger partial charge in [0.25, 0.3) is 5.89 Å². The van der Waals surface area contributed by atoms with Crippen molar-refractivity contribution in [1.29, 1.82) is 0 Å². The molecule has 0 radical (unpaired) electrons. The Morgan fingerprint density at radius 2 is 2.00 bits per heavy atom. The van der Waals surface area contributed by atoms with Gasteiger partial charge < -0.3 is 14.0 Å². The van der Waals surface area contributed by atoms with E-state index in [9.17, 15) is 4.39 Å². The average molecular weight is 379 g/mol. The van der Waals surface area contributed by atoms with E-state index in [1.807, 2.05) is 19.1 Å². The molecule has 3 heterocycles. The number of hydrogen-bond acceptors (Lipinski definition) is 7. The molecule has 28 heavy (non-hydrogen) atoms. The van der Waals surface area contributed by atoms with Crippen LogP contribution >= 0.6 is 0 Å². The van der Waals surface area contributed by atoms with Crippen LogP contribution in [0.25, 0.3) is 23.0 Å². The fraction of sp³-hybridized carbons (Fsp3) is 0.158. The molecule has 0 fully saturated rings. The van der Waals surface area contributed by atoms with Crippen LogP contribution in [0, 0.1) is 12.7 Å². The van der Waals surface area contributed by atoms with E-state index in [-0.39, 0.29) is 12.6 Å². The maximum Gasteiger partial charge on any atom is 0.258 e. The summed E-state index contributed by atoms with van der Waals surface area (Å²) in [6.07, 6.45) is 0. The van der Waals surface area contributed by atoms with Gasteiger partial charge in [-0.2, -0.15) is 4.98 Å². The lowest BCUT2D eigenvalue weighted by Crippen LogP contribution is -2.04. The minimum Gasteiger partial charge on any atom is -0.454 e. The Morgan fingerprint density at radius 3 is 2.89 bits per heavy atom. The third-order valence-corrected chi connectivity index (χ3v) is 4.46. The summed E-state index contributed by atoms with van der Waals surface area (Å²) in [5.74, 6) is 1.69. The van der Waals surface area contributed by atoms with Crippen molar-refractivity contribution in [2.75, 3.05) is 6.79 Å². The predicted molar refractivity (Wildman–Crippen MR) is 95.1 cm³/mol. The normalized spacial score (nSPS) is 12.5. The summed E-state index contributed by atoms with van der Waals surface area (Å²) < 4.78 is 31.1. The van der Waals surface area contributed by atoms with Crippen LogP contribution in [0.2, 0.25) is 0 Å². The van der Waals surface area contributed by atoms with Gasteiger partial charge in [0, 0.05) is 5.56 Å². The molecule has 1 aliphatic heterocycles. The monoisotopic (exact) mass is 379 g/mol. The zero-order valence-electron chi connectivity index (χ0n) is 14.8. The first-order chi connectivity index (χ1) is 13.7. The van der Waals surface area contributed by atoms with E-state index in [1.54, 1.807) is 22.9 Å². The summed E-state index contributed by atoms with van der Waals surface area (Å²) in [5, 5.41) is 12.3. The number of ether oxygens (including phenoxy) is 2. The fourth-order valence-corrected chi connectivity index (χ4v) is 2.99. The Kier molecular flexibility index (Phi) is 3.78. The maximum atomic E-state index is 13.4. The second kappa shape index (κ2) is 6.45. The van der Waals surface area contributed by atoms with E-state index in [1.165, 1.54) is 12.1 Å². The van der Waals surface area contributed by atoms with E-state index >= 15 is 0 Å². The number of halogens is 1. The van der Waals surface area contributed by atoms with Crippen molar-refractivity contribution in [3.63, 3.8) is 0 Å². The quantitative estimate of drug-likeness (QED) is 0.538. The highest BCUT2D eigenvalue weighted by Crippen LogP contribution is 2.35. The topological polar surface area (TPSA) is 88.1 Å². The van der Waals surface area contributed by atoms with Gasteiger partial charge in [0.05, 0.1) is 12.2 Å². The largest absolute Gasteiger partial charge is 0.454 e. The second-order valence-corrected chi connectivity index (χ2v) is 6.30. The third kappa shape index (κ3) is 2.86. The standard InChI is InChI=1S/C19H14FN5O3/c1-11-17(22-24-25(11)9-12-3-2-4-14(20)7-12)18-21-19(28-23-18)13-5-6-15-16(8-13)27-10-26-15/h2-8H,9-10H2,1H3. The highest BCUT2D eigenvalue weighted by atomic mass is 19.1. The van der Waals surface area contributed by atoms with Crippen LogP contribution in [-0.4, -0.2) is 31.9 Å². The van der Waals surface area contributed by atoms with Gasteiger partial charge in [-0.25, -0.2) is 9.07 Å². The highest BCUT2D eigenvalue weighted by Gasteiger charge is 2.20. The number of hydrogen-bond donors (Lipinski definition) is 0. The molecule has 0 bridgehead atoms. The van der Waals surface area contributed by atoms with Gasteiger partial charge in [-0.3, -0.25) is 0 Å². The Hall–Kier alpha value is -3.75. The smallest absolute Gasteiger partial charge is 0.258 e. The van der Waals surface area contributed by atoms with E-state index < -0.39 is 0 Å². The van der Waals surface area contributed by atoms with Gasteiger partial charge in [-0.1, -0.05) is 22.5 Å². The van der Waals surface area contributed by atoms with Crippen LogP contribution < -0.4 is 9.47 Å². The molecule has 2 aromatic heterocycles. The molecule has 0 unspecified atom stereocenters. The molecule has 8 nitrogen and oxygen atoms in total. The molecule has 0 N–H and O–H groups in total. The fourth-order valence-electron chi connectivity index (χ4n) is 2.99. The zero-order chi connectivity index (χ0) is 19.1. The van der Waals surface area contributed by atoms with Gasteiger partial charge in [0.15, 0.2) is 17.2 Å². The van der Waals surface area contributed by atoms with Crippen LogP contribution in [0.1, 0.15) is 11.3 Å². The first kappa shape index (κ1) is 16.4. The zero-order valence-corrected chi connectivity index (χ0v) is 14.8. The second-order valence-electron chi connectivity index (χ2n) is 6.30. The third-order valence-electron chi connectivity index (χ3n) is 4.46. The molecule has 5 rings (SSSR count). The van der Waals surface area contributed by atoms with Crippen LogP contribution in [0.4, 0.5) is 4.39 Å². The Labute approximate surface area is 158 Å². The lowest BCUT2D eigenvalue weighted by molar-refractivity contribution is 0.174. The lowest BCUT2D eigenvalue weighted by atomic mass is 10.2. The van der Waals surface area contributed by atoms with E-state index in [2.05, 4.69) is 20.5 Å². The van der Waals surface area contributed by atoms with Crippen LogP contribution in [0.5, 0.6) is 11.5 Å². The average Bonchev–Trinajstić information content (AvgIpc) is 3.42. The van der Waals surface area contributed by atoms with Crippen molar-refractivity contribution in [3.05, 3.63) is 59.5 Å². The van der Waals surface area contributed by atoms with Crippen molar-refractivity contribution in [2.45, 2.75) is 13.5 Å². The molecule has 0 atom stereocenters. The number of nitrogens with zero attached hydrogens (tertiary/aromatic N) is 5. The van der Waals surface area contributed by atoms with Crippen molar-refractivity contribution >= 4 is 0 Å². The lowest BCUT2D eigenvalue weighted by Gasteiger charge is -2.03. The van der Waals surface area contributed by atoms with Crippen molar-refractivity contribution in [1.82, 2.24) is 25.1 Å². The number of benzene rings is 2. The molecular formula is C19H14FN5O3. The molecule has 0 saturated carbocycles. The summed E-state index contributed by atoms with van der Waals surface area (Å²) in [5.41, 5.74) is 2.76. The number of aromatic nitrogens is 5. The molecule has 1 aliphatic rings. The summed E-state index contributed by atoms with van der Waals surface area (Å²) >= 11 is 0. The van der Waals surface area contributed by atoms with Crippen molar-refractivity contribution < 1.29 is 18.4 Å². The molecule has 0 aliphatic carbocycles. The molecule has 0 saturated heterocycles. The summed E-state index contributed by atoms with van der Waals surface area (Å²) in [4.78, 5) is 4.42. The van der Waals surface area contributed by atoms with Crippen molar-refractivity contribution in [2.24, 2.45) is 0 Å². The Morgan fingerprint density at radius 1 is 1.11 bits per heavy atom. The van der Waals surface area contributed by atoms with Gasteiger partial charge >= 0.3 is 0 Å². The van der Waals surface area contributed by atoms with E-state index in [0.29, 0.717) is 41.0 Å². The SMILES string of the molecule is Cc1c(-c2noc(-c3ccc4c(c3)OCO4)n2)nnn1Cc1cccc(F)c1. The Bertz CT molecular complexity index is 1170. The minimum absolute atomic E-state index is 0.196. The molecular weight excluding hydrogens is 365 g/mol. The predicted octanol–water partition coefficient (Wildman–Crippen LogP) is 3.22. The van der Waals surface area contributed by atoms with E-state index in [4.69, 9.17) is 14.0 Å².